The van der Waals surface area contributed by atoms with Crippen molar-refractivity contribution in [3.63, 3.8) is 0 Å². The standard InChI is InChI=1S/C31H31FNO6P/c32-24-12-6-21(7-13-24)28(34)17-11-23-19-30(36)33(25-4-2-1-3-5-25)31(23)27-16-10-22(18-29(27)35)20-8-14-26(15-9-20)40(37,38)39/h1-10,12-16,23,28-29,31,34-35H,11,17-19H2,(H2,37,38,39). The molecule has 1 amide bonds. The van der Waals surface area contributed by atoms with Gasteiger partial charge in [0, 0.05) is 18.5 Å². The second-order valence-corrected chi connectivity index (χ2v) is 11.9. The van der Waals surface area contributed by atoms with Crippen molar-refractivity contribution in [2.24, 2.45) is 5.92 Å². The third-order valence-corrected chi connectivity index (χ3v) is 8.69. The van der Waals surface area contributed by atoms with Gasteiger partial charge in [-0.25, -0.2) is 4.39 Å². The number of anilines is 1. The number of nitrogens with zero attached hydrogens (tertiary/aromatic N) is 1. The van der Waals surface area contributed by atoms with Gasteiger partial charge in [0.15, 0.2) is 0 Å². The number of hydrogen-bond acceptors (Lipinski definition) is 4. The summed E-state index contributed by atoms with van der Waals surface area (Å²) in [5, 5.41) is 22.0. The third-order valence-electron chi connectivity index (χ3n) is 7.72. The number of rotatable bonds is 8. The summed E-state index contributed by atoms with van der Waals surface area (Å²) in [5.41, 5.74) is 3.60. The highest BCUT2D eigenvalue weighted by Gasteiger charge is 2.44. The Kier molecular flexibility index (Phi) is 8.17. The van der Waals surface area contributed by atoms with Gasteiger partial charge in [-0.05, 0) is 77.4 Å². The molecular weight excluding hydrogens is 532 g/mol. The van der Waals surface area contributed by atoms with Gasteiger partial charge in [0.05, 0.1) is 23.6 Å². The van der Waals surface area contributed by atoms with Gasteiger partial charge in [-0.2, -0.15) is 0 Å². The van der Waals surface area contributed by atoms with Gasteiger partial charge in [0.25, 0.3) is 0 Å². The summed E-state index contributed by atoms with van der Waals surface area (Å²) in [6.45, 7) is 0. The average molecular weight is 564 g/mol. The maximum Gasteiger partial charge on any atom is 0.356 e. The number of carbonyl (C=O) groups excluding carboxylic acids is 1. The van der Waals surface area contributed by atoms with Crippen molar-refractivity contribution in [2.75, 3.05) is 4.90 Å². The molecule has 1 aliphatic carbocycles. The molecule has 3 aromatic carbocycles. The second kappa shape index (κ2) is 11.6. The smallest absolute Gasteiger partial charge is 0.356 e. The number of aliphatic hydroxyl groups excluding tert-OH is 2. The van der Waals surface area contributed by atoms with Crippen LogP contribution in [0, 0.1) is 11.7 Å². The van der Waals surface area contributed by atoms with Gasteiger partial charge in [-0.3, -0.25) is 9.36 Å². The van der Waals surface area contributed by atoms with Gasteiger partial charge >= 0.3 is 7.60 Å². The lowest BCUT2D eigenvalue weighted by molar-refractivity contribution is -0.117. The van der Waals surface area contributed by atoms with Crippen molar-refractivity contribution in [2.45, 2.75) is 43.9 Å². The van der Waals surface area contributed by atoms with E-state index in [-0.39, 0.29) is 35.8 Å². The highest BCUT2D eigenvalue weighted by molar-refractivity contribution is 7.60. The zero-order chi connectivity index (χ0) is 28.4. The molecule has 4 unspecified atom stereocenters. The summed E-state index contributed by atoms with van der Waals surface area (Å²) in [4.78, 5) is 33.8. The van der Waals surface area contributed by atoms with Crippen LogP contribution in [-0.4, -0.2) is 38.1 Å². The third kappa shape index (κ3) is 6.02. The molecule has 7 nitrogen and oxygen atoms in total. The van der Waals surface area contributed by atoms with E-state index in [1.165, 1.54) is 24.3 Å². The Morgan fingerprint density at radius 2 is 1.60 bits per heavy atom. The van der Waals surface area contributed by atoms with E-state index < -0.39 is 25.8 Å². The first-order chi connectivity index (χ1) is 19.1. The Morgan fingerprint density at radius 3 is 2.23 bits per heavy atom. The molecule has 0 aromatic heterocycles. The van der Waals surface area contributed by atoms with Crippen LogP contribution in [0.25, 0.3) is 5.57 Å². The summed E-state index contributed by atoms with van der Waals surface area (Å²) in [7, 11) is -4.35. The minimum absolute atomic E-state index is 0.0617. The number of amides is 1. The van der Waals surface area contributed by atoms with Crippen LogP contribution in [0.5, 0.6) is 0 Å². The average Bonchev–Trinajstić information content (AvgIpc) is 3.27. The number of benzene rings is 3. The van der Waals surface area contributed by atoms with Crippen LogP contribution in [0.3, 0.4) is 0 Å². The van der Waals surface area contributed by atoms with Crippen molar-refractivity contribution in [3.05, 3.63) is 114 Å². The highest BCUT2D eigenvalue weighted by atomic mass is 31.2. The maximum atomic E-state index is 13.3. The van der Waals surface area contributed by atoms with Crippen molar-refractivity contribution in [3.8, 4) is 0 Å². The van der Waals surface area contributed by atoms with E-state index in [4.69, 9.17) is 0 Å². The molecule has 208 valence electrons. The van der Waals surface area contributed by atoms with Gasteiger partial charge in [-0.1, -0.05) is 54.6 Å². The fourth-order valence-electron chi connectivity index (χ4n) is 5.68. The summed E-state index contributed by atoms with van der Waals surface area (Å²) in [5.74, 6) is -0.603. The van der Waals surface area contributed by atoms with Crippen molar-refractivity contribution in [1.29, 1.82) is 0 Å². The first kappa shape index (κ1) is 28.1. The molecule has 1 aliphatic heterocycles. The molecule has 1 fully saturated rings. The molecule has 9 heteroatoms. The molecule has 0 radical (unpaired) electrons. The minimum Gasteiger partial charge on any atom is -0.388 e. The van der Waals surface area contributed by atoms with Crippen LogP contribution < -0.4 is 10.2 Å². The number of hydrogen-bond donors (Lipinski definition) is 4. The molecule has 2 aliphatic rings. The Balaban J connectivity index is 1.43. The molecule has 1 saturated heterocycles. The number of para-hydroxylation sites is 1. The lowest BCUT2D eigenvalue weighted by atomic mass is 9.81. The summed E-state index contributed by atoms with van der Waals surface area (Å²) in [6, 6.07) is 20.6. The van der Waals surface area contributed by atoms with E-state index in [2.05, 4.69) is 0 Å². The van der Waals surface area contributed by atoms with Gasteiger partial charge in [0.1, 0.15) is 5.82 Å². The van der Waals surface area contributed by atoms with E-state index in [0.29, 0.717) is 24.0 Å². The Labute approximate surface area is 232 Å². The molecule has 5 rings (SSSR count). The predicted molar refractivity (Wildman–Crippen MR) is 151 cm³/mol. The van der Waals surface area contributed by atoms with E-state index in [9.17, 15) is 33.7 Å². The van der Waals surface area contributed by atoms with Crippen molar-refractivity contribution < 1.29 is 33.7 Å². The van der Waals surface area contributed by atoms with Gasteiger partial charge in [0.2, 0.25) is 5.91 Å². The second-order valence-electron chi connectivity index (χ2n) is 10.3. The first-order valence-corrected chi connectivity index (χ1v) is 14.8. The van der Waals surface area contributed by atoms with E-state index in [1.807, 2.05) is 42.5 Å². The van der Waals surface area contributed by atoms with Gasteiger partial charge in [-0.15, -0.1) is 0 Å². The number of aliphatic hydroxyl groups is 2. The van der Waals surface area contributed by atoms with Crippen molar-refractivity contribution in [1.82, 2.24) is 0 Å². The normalized spacial score (nSPS) is 22.2. The topological polar surface area (TPSA) is 118 Å². The van der Waals surface area contributed by atoms with Crippen LogP contribution in [0.4, 0.5) is 10.1 Å². The van der Waals surface area contributed by atoms with Crippen LogP contribution in [-0.2, 0) is 9.36 Å². The number of carbonyl (C=O) groups is 1. The Hall–Kier alpha value is -3.39. The molecule has 1 heterocycles. The van der Waals surface area contributed by atoms with Gasteiger partial charge < -0.3 is 24.9 Å². The fourth-order valence-corrected chi connectivity index (χ4v) is 6.22. The molecule has 4 N–H and O–H groups in total. The number of halogens is 1. The van der Waals surface area contributed by atoms with Crippen LogP contribution in [0.15, 0.2) is 96.6 Å². The van der Waals surface area contributed by atoms with Crippen LogP contribution >= 0.6 is 7.60 Å². The highest BCUT2D eigenvalue weighted by Crippen LogP contribution is 2.42. The van der Waals surface area contributed by atoms with E-state index in [1.54, 1.807) is 29.2 Å². The summed E-state index contributed by atoms with van der Waals surface area (Å²) < 4.78 is 24.9. The molecule has 4 atom stereocenters. The minimum atomic E-state index is -4.35. The molecule has 3 aromatic rings. The predicted octanol–water partition coefficient (Wildman–Crippen LogP) is 4.64. The lowest BCUT2D eigenvalue weighted by Crippen LogP contribution is -2.41. The van der Waals surface area contributed by atoms with E-state index in [0.717, 1.165) is 16.8 Å². The zero-order valence-electron chi connectivity index (χ0n) is 21.7. The summed E-state index contributed by atoms with van der Waals surface area (Å²) >= 11 is 0. The fraction of sp³-hybridized carbons (Fsp3) is 0.258. The van der Waals surface area contributed by atoms with Crippen LogP contribution in [0.2, 0.25) is 0 Å². The van der Waals surface area contributed by atoms with Crippen LogP contribution in [0.1, 0.15) is 42.9 Å². The largest absolute Gasteiger partial charge is 0.388 e. The molecule has 0 saturated carbocycles. The molecule has 0 spiro atoms. The first-order valence-electron chi connectivity index (χ1n) is 13.2. The quantitative estimate of drug-likeness (QED) is 0.297. The molecule has 0 bridgehead atoms. The SMILES string of the molecule is O=C1CC(CCC(O)c2ccc(F)cc2)C(C2=CC=C(c3ccc(P(=O)(O)O)cc3)CC2O)N1c1ccccc1. The zero-order valence-corrected chi connectivity index (χ0v) is 22.6. The number of allylic oxidation sites excluding steroid dienone is 2. The summed E-state index contributed by atoms with van der Waals surface area (Å²) in [6.07, 6.45) is 3.46. The lowest BCUT2D eigenvalue weighted by Gasteiger charge is -2.34. The van der Waals surface area contributed by atoms with E-state index >= 15 is 0 Å². The maximum absolute atomic E-state index is 13.3. The molecular formula is C31H31FNO6P. The Bertz CT molecular complexity index is 1470. The molecule has 40 heavy (non-hydrogen) atoms. The van der Waals surface area contributed by atoms with Crippen molar-refractivity contribution >= 4 is 30.1 Å². The Morgan fingerprint density at radius 1 is 0.925 bits per heavy atom. The monoisotopic (exact) mass is 563 g/mol.